The first kappa shape index (κ1) is 27.7. The average Bonchev–Trinajstić information content (AvgIpc) is 3.32. The summed E-state index contributed by atoms with van der Waals surface area (Å²) in [6, 6.07) is 21.3. The number of esters is 1. The Labute approximate surface area is 238 Å². The molecule has 0 bridgehead atoms. The van der Waals surface area contributed by atoms with Crippen molar-refractivity contribution < 1.29 is 19.1 Å². The van der Waals surface area contributed by atoms with Gasteiger partial charge in [-0.05, 0) is 48.9 Å². The number of anilines is 2. The molecule has 0 fully saturated rings. The van der Waals surface area contributed by atoms with Crippen molar-refractivity contribution in [1.29, 1.82) is 0 Å². The number of benzene rings is 3. The fourth-order valence-electron chi connectivity index (χ4n) is 3.53. The van der Waals surface area contributed by atoms with Crippen LogP contribution in [0.4, 0.5) is 10.7 Å². The molecule has 1 heterocycles. The number of halogens is 2. The second-order valence-electron chi connectivity index (χ2n) is 7.88. The van der Waals surface area contributed by atoms with Crippen LogP contribution in [0.1, 0.15) is 27.6 Å². The summed E-state index contributed by atoms with van der Waals surface area (Å²) >= 11 is 14.6. The fourth-order valence-corrected chi connectivity index (χ4v) is 5.76. The van der Waals surface area contributed by atoms with Crippen molar-refractivity contribution in [3.63, 3.8) is 0 Å². The van der Waals surface area contributed by atoms with E-state index in [1.165, 1.54) is 29.2 Å². The van der Waals surface area contributed by atoms with Gasteiger partial charge in [-0.3, -0.25) is 9.59 Å². The maximum Gasteiger partial charge on any atom is 0.341 e. The van der Waals surface area contributed by atoms with Gasteiger partial charge in [-0.25, -0.2) is 4.79 Å². The number of thioether (sulfide) groups is 1. The zero-order chi connectivity index (χ0) is 27.1. The van der Waals surface area contributed by atoms with Gasteiger partial charge in [0, 0.05) is 26.5 Å². The fraction of sp³-hybridized carbons (Fsp3) is 0.107. The van der Waals surface area contributed by atoms with Crippen LogP contribution in [-0.4, -0.2) is 30.1 Å². The Kier molecular flexibility index (Phi) is 9.47. The van der Waals surface area contributed by atoms with E-state index >= 15 is 0 Å². The van der Waals surface area contributed by atoms with E-state index in [0.717, 1.165) is 10.5 Å². The minimum Gasteiger partial charge on any atom is -0.462 e. The largest absolute Gasteiger partial charge is 0.462 e. The summed E-state index contributed by atoms with van der Waals surface area (Å²) in [5.74, 6) is -1.03. The molecular weight excluding hydrogens is 563 g/mol. The van der Waals surface area contributed by atoms with Crippen LogP contribution < -0.4 is 10.6 Å². The van der Waals surface area contributed by atoms with E-state index in [4.69, 9.17) is 27.9 Å². The zero-order valence-electron chi connectivity index (χ0n) is 20.1. The highest BCUT2D eigenvalue weighted by Gasteiger charge is 2.23. The van der Waals surface area contributed by atoms with Crippen molar-refractivity contribution in [2.24, 2.45) is 0 Å². The molecule has 38 heavy (non-hydrogen) atoms. The Balaban J connectivity index is 1.42. The van der Waals surface area contributed by atoms with E-state index in [-0.39, 0.29) is 29.2 Å². The highest BCUT2D eigenvalue weighted by atomic mass is 35.5. The number of hydrogen-bond acceptors (Lipinski definition) is 6. The molecule has 4 aromatic rings. The summed E-state index contributed by atoms with van der Waals surface area (Å²) in [6.45, 7) is 1.96. The Morgan fingerprint density at radius 1 is 0.947 bits per heavy atom. The molecule has 0 aliphatic heterocycles. The molecule has 6 nitrogen and oxygen atoms in total. The maximum absolute atomic E-state index is 12.8. The Morgan fingerprint density at radius 2 is 1.74 bits per heavy atom. The molecule has 2 N–H and O–H groups in total. The number of carbonyl (C=O) groups is 3. The highest BCUT2D eigenvalue weighted by molar-refractivity contribution is 8.00. The Morgan fingerprint density at radius 3 is 2.47 bits per heavy atom. The molecule has 4 rings (SSSR count). The summed E-state index contributed by atoms with van der Waals surface area (Å²) in [5, 5.41) is 8.63. The normalized spacial score (nSPS) is 10.6. The summed E-state index contributed by atoms with van der Waals surface area (Å²) in [4.78, 5) is 38.9. The third-order valence-electron chi connectivity index (χ3n) is 5.25. The quantitative estimate of drug-likeness (QED) is 0.154. The Hall–Kier alpha value is -3.30. The van der Waals surface area contributed by atoms with Crippen LogP contribution in [0.15, 0.2) is 83.1 Å². The van der Waals surface area contributed by atoms with E-state index in [2.05, 4.69) is 10.6 Å². The Bertz CT molecular complexity index is 1470. The number of thiophene rings is 1. The predicted octanol–water partition coefficient (Wildman–Crippen LogP) is 7.88. The smallest absolute Gasteiger partial charge is 0.341 e. The van der Waals surface area contributed by atoms with Crippen LogP contribution in [0.3, 0.4) is 0 Å². The molecule has 2 amide bonds. The van der Waals surface area contributed by atoms with Crippen LogP contribution in [0.2, 0.25) is 10.0 Å². The lowest BCUT2D eigenvalue weighted by Crippen LogP contribution is -2.16. The molecule has 0 spiro atoms. The summed E-state index contributed by atoms with van der Waals surface area (Å²) < 4.78 is 5.25. The summed E-state index contributed by atoms with van der Waals surface area (Å²) in [7, 11) is 0. The summed E-state index contributed by atoms with van der Waals surface area (Å²) in [5.41, 5.74) is 2.77. The van der Waals surface area contributed by atoms with E-state index in [1.54, 1.807) is 37.3 Å². The molecule has 1 aromatic heterocycles. The first-order valence-electron chi connectivity index (χ1n) is 11.5. The van der Waals surface area contributed by atoms with Crippen LogP contribution in [0.25, 0.3) is 11.1 Å². The monoisotopic (exact) mass is 584 g/mol. The van der Waals surface area contributed by atoms with Gasteiger partial charge in [-0.15, -0.1) is 23.1 Å². The molecule has 194 valence electrons. The van der Waals surface area contributed by atoms with Crippen molar-refractivity contribution in [3.05, 3.63) is 99.3 Å². The third kappa shape index (κ3) is 6.96. The zero-order valence-corrected chi connectivity index (χ0v) is 23.3. The van der Waals surface area contributed by atoms with Crippen molar-refractivity contribution in [2.45, 2.75) is 11.8 Å². The first-order valence-corrected chi connectivity index (χ1v) is 14.1. The molecule has 0 unspecified atom stereocenters. The highest BCUT2D eigenvalue weighted by Crippen LogP contribution is 2.36. The van der Waals surface area contributed by atoms with Crippen molar-refractivity contribution >= 4 is 74.8 Å². The van der Waals surface area contributed by atoms with Gasteiger partial charge in [0.1, 0.15) is 10.6 Å². The average molecular weight is 586 g/mol. The van der Waals surface area contributed by atoms with E-state index in [9.17, 15) is 14.4 Å². The molecule has 0 saturated heterocycles. The van der Waals surface area contributed by atoms with Gasteiger partial charge in [-0.1, -0.05) is 59.6 Å². The number of hydrogen-bond donors (Lipinski definition) is 2. The first-order chi connectivity index (χ1) is 18.4. The van der Waals surface area contributed by atoms with Gasteiger partial charge in [0.25, 0.3) is 5.91 Å². The molecule has 0 aliphatic rings. The van der Waals surface area contributed by atoms with Gasteiger partial charge < -0.3 is 15.4 Å². The molecule has 0 radical (unpaired) electrons. The second-order valence-corrected chi connectivity index (χ2v) is 10.7. The van der Waals surface area contributed by atoms with Crippen LogP contribution in [-0.2, 0) is 9.53 Å². The molecule has 10 heteroatoms. The van der Waals surface area contributed by atoms with Crippen LogP contribution >= 0.6 is 46.3 Å². The molecule has 3 aromatic carbocycles. The molecule has 0 saturated carbocycles. The minimum atomic E-state index is -0.486. The minimum absolute atomic E-state index is 0.0985. The van der Waals surface area contributed by atoms with Crippen molar-refractivity contribution in [2.75, 3.05) is 23.0 Å². The molecule has 0 atom stereocenters. The van der Waals surface area contributed by atoms with Gasteiger partial charge in [-0.2, -0.15) is 0 Å². The third-order valence-corrected chi connectivity index (χ3v) is 7.68. The second kappa shape index (κ2) is 13.0. The van der Waals surface area contributed by atoms with E-state index in [0.29, 0.717) is 32.4 Å². The van der Waals surface area contributed by atoms with Crippen LogP contribution in [0, 0.1) is 0 Å². The lowest BCUT2D eigenvalue weighted by molar-refractivity contribution is -0.113. The summed E-state index contributed by atoms with van der Waals surface area (Å²) in [6.07, 6.45) is 0. The van der Waals surface area contributed by atoms with Gasteiger partial charge in [0.15, 0.2) is 0 Å². The lowest BCUT2D eigenvalue weighted by atomic mass is 10.0. The van der Waals surface area contributed by atoms with Gasteiger partial charge in [0.05, 0.1) is 22.9 Å². The topological polar surface area (TPSA) is 84.5 Å². The van der Waals surface area contributed by atoms with Crippen LogP contribution in [0.5, 0.6) is 0 Å². The number of amides is 2. The lowest BCUT2D eigenvalue weighted by Gasteiger charge is -2.10. The maximum atomic E-state index is 12.8. The van der Waals surface area contributed by atoms with E-state index in [1.807, 2.05) is 41.8 Å². The predicted molar refractivity (Wildman–Crippen MR) is 156 cm³/mol. The van der Waals surface area contributed by atoms with Gasteiger partial charge >= 0.3 is 5.97 Å². The number of carbonyl (C=O) groups excluding carboxylic acids is 3. The number of rotatable bonds is 9. The molecule has 0 aliphatic carbocycles. The SMILES string of the molecule is CCOC(=O)c1c(-c2ccccc2)csc1NC(=O)CSc1cccc(NC(=O)c2ccc(Cl)cc2Cl)c1. The standard InChI is InChI=1S/C28H22Cl2N2O4S2/c1-2-36-28(35)25-22(17-7-4-3-5-8-17)15-38-27(25)32-24(33)16-37-20-10-6-9-19(14-20)31-26(34)21-12-11-18(29)13-23(21)30/h3-15H,2,16H2,1H3,(H,31,34)(H,32,33). The van der Waals surface area contributed by atoms with Crippen molar-refractivity contribution in [1.82, 2.24) is 0 Å². The number of nitrogens with one attached hydrogen (secondary N) is 2. The number of ether oxygens (including phenoxy) is 1. The van der Waals surface area contributed by atoms with Gasteiger partial charge in [0.2, 0.25) is 5.91 Å². The van der Waals surface area contributed by atoms with E-state index < -0.39 is 5.97 Å². The van der Waals surface area contributed by atoms with Crippen molar-refractivity contribution in [3.8, 4) is 11.1 Å². The molecular formula is C28H22Cl2N2O4S2.